The number of anilines is 1. The molecule has 1 aromatic heterocycles. The fourth-order valence-corrected chi connectivity index (χ4v) is 1.86. The molecule has 8 heteroatoms. The minimum atomic E-state index is -1.29. The molecule has 0 saturated carbocycles. The summed E-state index contributed by atoms with van der Waals surface area (Å²) in [5.41, 5.74) is -0.614. The molecule has 100 valence electrons. The Bertz CT molecular complexity index is 477. The minimum Gasteiger partial charge on any atom is -0.394 e. The molecule has 0 bridgehead atoms. The van der Waals surface area contributed by atoms with E-state index in [4.69, 9.17) is 9.84 Å². The van der Waals surface area contributed by atoms with Crippen molar-refractivity contribution < 1.29 is 20.1 Å². The normalized spacial score (nSPS) is 31.6. The highest BCUT2D eigenvalue weighted by molar-refractivity contribution is 5.30. The topological polar surface area (TPSA) is 117 Å². The zero-order chi connectivity index (χ0) is 13.3. The van der Waals surface area contributed by atoms with E-state index < -0.39 is 36.8 Å². The smallest absolute Gasteiger partial charge is 0.351 e. The first-order valence-corrected chi connectivity index (χ1v) is 5.48. The molecule has 4 N–H and O–H groups in total. The SMILES string of the molecule is CNc1ccn([C@@H]2O[C@H](CO)C(O)[C@@H]2O)c(=O)n1. The molecule has 1 fully saturated rings. The fourth-order valence-electron chi connectivity index (χ4n) is 1.86. The molecule has 1 saturated heterocycles. The molecule has 2 heterocycles. The molecular formula is C10H15N3O5. The zero-order valence-corrected chi connectivity index (χ0v) is 9.72. The average molecular weight is 257 g/mol. The Balaban J connectivity index is 2.30. The van der Waals surface area contributed by atoms with Crippen molar-refractivity contribution >= 4 is 5.82 Å². The maximum absolute atomic E-state index is 11.7. The van der Waals surface area contributed by atoms with Crippen molar-refractivity contribution in [3.05, 3.63) is 22.7 Å². The third kappa shape index (κ3) is 2.10. The number of hydrogen-bond donors (Lipinski definition) is 4. The van der Waals surface area contributed by atoms with Gasteiger partial charge in [-0.05, 0) is 6.07 Å². The van der Waals surface area contributed by atoms with Gasteiger partial charge in [-0.1, -0.05) is 0 Å². The Morgan fingerprint density at radius 1 is 1.50 bits per heavy atom. The lowest BCUT2D eigenvalue weighted by atomic mass is 10.1. The Morgan fingerprint density at radius 3 is 2.72 bits per heavy atom. The van der Waals surface area contributed by atoms with Crippen molar-refractivity contribution in [3.63, 3.8) is 0 Å². The van der Waals surface area contributed by atoms with E-state index in [1.807, 2.05) is 0 Å². The number of rotatable bonds is 3. The second kappa shape index (κ2) is 5.02. The lowest BCUT2D eigenvalue weighted by Crippen LogP contribution is -2.36. The van der Waals surface area contributed by atoms with Crippen LogP contribution in [-0.2, 0) is 4.74 Å². The van der Waals surface area contributed by atoms with Gasteiger partial charge >= 0.3 is 5.69 Å². The van der Waals surface area contributed by atoms with Crippen molar-refractivity contribution in [1.29, 1.82) is 0 Å². The second-order valence-corrected chi connectivity index (χ2v) is 3.98. The van der Waals surface area contributed by atoms with E-state index in [0.29, 0.717) is 5.82 Å². The van der Waals surface area contributed by atoms with Gasteiger partial charge in [0.15, 0.2) is 6.23 Å². The molecule has 0 aromatic carbocycles. The van der Waals surface area contributed by atoms with Crippen LogP contribution in [0, 0.1) is 0 Å². The highest BCUT2D eigenvalue weighted by atomic mass is 16.6. The number of nitrogens with zero attached hydrogens (tertiary/aromatic N) is 2. The van der Waals surface area contributed by atoms with Crippen molar-refractivity contribution in [2.45, 2.75) is 24.5 Å². The van der Waals surface area contributed by atoms with Crippen molar-refractivity contribution in [3.8, 4) is 0 Å². The minimum absolute atomic E-state index is 0.392. The van der Waals surface area contributed by atoms with Gasteiger partial charge in [0.25, 0.3) is 0 Å². The summed E-state index contributed by atoms with van der Waals surface area (Å²) in [6.45, 7) is -0.439. The molecule has 0 aliphatic carbocycles. The summed E-state index contributed by atoms with van der Waals surface area (Å²) in [6, 6.07) is 1.54. The van der Waals surface area contributed by atoms with Crippen LogP contribution in [0.25, 0.3) is 0 Å². The summed E-state index contributed by atoms with van der Waals surface area (Å²) < 4.78 is 6.30. The Labute approximate surface area is 102 Å². The molecule has 1 aromatic rings. The van der Waals surface area contributed by atoms with E-state index in [2.05, 4.69) is 10.3 Å². The molecule has 1 aliphatic rings. The first-order valence-electron chi connectivity index (χ1n) is 5.48. The third-order valence-electron chi connectivity index (χ3n) is 2.88. The summed E-state index contributed by atoms with van der Waals surface area (Å²) >= 11 is 0. The zero-order valence-electron chi connectivity index (χ0n) is 9.72. The van der Waals surface area contributed by atoms with Crippen molar-refractivity contribution in [2.24, 2.45) is 0 Å². The van der Waals surface area contributed by atoms with Gasteiger partial charge in [0.2, 0.25) is 0 Å². The van der Waals surface area contributed by atoms with Crippen LogP contribution >= 0.6 is 0 Å². The van der Waals surface area contributed by atoms with Gasteiger partial charge in [0, 0.05) is 13.2 Å². The fraction of sp³-hybridized carbons (Fsp3) is 0.600. The number of nitrogens with one attached hydrogen (secondary N) is 1. The molecule has 2 rings (SSSR count). The summed E-state index contributed by atoms with van der Waals surface area (Å²) in [4.78, 5) is 15.4. The van der Waals surface area contributed by atoms with E-state index in [1.54, 1.807) is 7.05 Å². The van der Waals surface area contributed by atoms with Gasteiger partial charge < -0.3 is 25.4 Å². The first-order chi connectivity index (χ1) is 8.58. The van der Waals surface area contributed by atoms with E-state index in [1.165, 1.54) is 12.3 Å². The lowest BCUT2D eigenvalue weighted by molar-refractivity contribution is -0.0549. The molecule has 0 spiro atoms. The van der Waals surface area contributed by atoms with E-state index in [0.717, 1.165) is 4.57 Å². The number of aliphatic hydroxyl groups excluding tert-OH is 3. The van der Waals surface area contributed by atoms with Crippen LogP contribution in [0.3, 0.4) is 0 Å². The number of hydrogen-bond acceptors (Lipinski definition) is 7. The molecule has 8 nitrogen and oxygen atoms in total. The lowest BCUT2D eigenvalue weighted by Gasteiger charge is -2.17. The summed E-state index contributed by atoms with van der Waals surface area (Å²) in [7, 11) is 1.62. The molecule has 4 atom stereocenters. The van der Waals surface area contributed by atoms with Crippen LogP contribution in [0.2, 0.25) is 0 Å². The summed E-state index contributed by atoms with van der Waals surface area (Å²) in [6.07, 6.45) is -3.09. The maximum Gasteiger partial charge on any atom is 0.351 e. The molecule has 1 unspecified atom stereocenters. The van der Waals surface area contributed by atoms with E-state index in [-0.39, 0.29) is 0 Å². The van der Waals surface area contributed by atoms with Crippen LogP contribution < -0.4 is 11.0 Å². The van der Waals surface area contributed by atoms with E-state index >= 15 is 0 Å². The average Bonchev–Trinajstić information content (AvgIpc) is 2.66. The molecule has 1 aliphatic heterocycles. The third-order valence-corrected chi connectivity index (χ3v) is 2.88. The van der Waals surface area contributed by atoms with Crippen molar-refractivity contribution in [1.82, 2.24) is 9.55 Å². The predicted molar refractivity (Wildman–Crippen MR) is 61.1 cm³/mol. The standard InChI is InChI=1S/C10H15N3O5/c1-11-6-2-3-13(10(17)12-6)9-8(16)7(15)5(4-14)18-9/h2-3,5,7-9,14-16H,4H2,1H3,(H,11,12,17)/t5-,7?,8+,9-/m1/s1. The Morgan fingerprint density at radius 2 is 2.22 bits per heavy atom. The second-order valence-electron chi connectivity index (χ2n) is 3.98. The number of aromatic nitrogens is 2. The maximum atomic E-state index is 11.7. The van der Waals surface area contributed by atoms with Gasteiger partial charge in [-0.15, -0.1) is 0 Å². The molecule has 0 amide bonds. The summed E-state index contributed by atoms with van der Waals surface area (Å²) in [5.74, 6) is 0.392. The van der Waals surface area contributed by atoms with Crippen LogP contribution in [0.4, 0.5) is 5.82 Å². The van der Waals surface area contributed by atoms with Gasteiger partial charge in [0.1, 0.15) is 24.1 Å². The number of aliphatic hydroxyl groups is 3. The Hall–Kier alpha value is -1.48. The number of ether oxygens (including phenoxy) is 1. The Kier molecular flexibility index (Phi) is 3.62. The molecule has 18 heavy (non-hydrogen) atoms. The molecular weight excluding hydrogens is 242 g/mol. The molecule has 0 radical (unpaired) electrons. The van der Waals surface area contributed by atoms with Gasteiger partial charge in [0.05, 0.1) is 6.61 Å². The highest BCUT2D eigenvalue weighted by Crippen LogP contribution is 2.27. The van der Waals surface area contributed by atoms with Crippen LogP contribution in [0.5, 0.6) is 0 Å². The quantitative estimate of drug-likeness (QED) is 0.490. The van der Waals surface area contributed by atoms with Crippen molar-refractivity contribution in [2.75, 3.05) is 19.0 Å². The van der Waals surface area contributed by atoms with E-state index in [9.17, 15) is 15.0 Å². The predicted octanol–water partition coefficient (Wildman–Crippen LogP) is -2.10. The van der Waals surface area contributed by atoms with Gasteiger partial charge in [-0.2, -0.15) is 4.98 Å². The van der Waals surface area contributed by atoms with Crippen LogP contribution in [0.1, 0.15) is 6.23 Å². The first kappa shape index (κ1) is 13.0. The van der Waals surface area contributed by atoms with Gasteiger partial charge in [-0.3, -0.25) is 4.57 Å². The van der Waals surface area contributed by atoms with Gasteiger partial charge in [-0.25, -0.2) is 4.79 Å². The van der Waals surface area contributed by atoms with Crippen LogP contribution in [-0.4, -0.2) is 56.8 Å². The largest absolute Gasteiger partial charge is 0.394 e. The van der Waals surface area contributed by atoms with Crippen LogP contribution in [0.15, 0.2) is 17.1 Å². The highest BCUT2D eigenvalue weighted by Gasteiger charge is 2.43. The monoisotopic (exact) mass is 257 g/mol. The summed E-state index contributed by atoms with van der Waals surface area (Å²) in [5, 5.41) is 31.0.